The Morgan fingerprint density at radius 1 is 1.03 bits per heavy atom. The van der Waals surface area contributed by atoms with Crippen molar-refractivity contribution in [1.82, 2.24) is 0 Å². The van der Waals surface area contributed by atoms with E-state index in [4.69, 9.17) is 0 Å². The fraction of sp³-hybridized carbons (Fsp3) is 0.0476. The van der Waals surface area contributed by atoms with Crippen LogP contribution in [0.15, 0.2) is 78.0 Å². The van der Waals surface area contributed by atoms with Crippen LogP contribution in [0, 0.1) is 15.3 Å². The van der Waals surface area contributed by atoms with Crippen molar-refractivity contribution in [2.45, 2.75) is 4.90 Å². The first-order valence-electron chi connectivity index (χ1n) is 9.13. The van der Waals surface area contributed by atoms with Crippen molar-refractivity contribution in [3.63, 3.8) is 0 Å². The second-order valence-corrected chi connectivity index (χ2v) is 8.40. The van der Waals surface area contributed by atoms with Crippen LogP contribution >= 0.6 is 0 Å². The number of carboxylic acids is 1. The van der Waals surface area contributed by atoms with Crippen LogP contribution in [0.25, 0.3) is 12.2 Å². The third-order valence-corrected chi connectivity index (χ3v) is 6.18. The quantitative estimate of drug-likeness (QED) is 0.238. The van der Waals surface area contributed by atoms with Crippen LogP contribution < -0.4 is 9.04 Å². The molecule has 0 saturated heterocycles. The van der Waals surface area contributed by atoms with Gasteiger partial charge >= 0.3 is 5.97 Å². The molecule has 3 rings (SSSR count). The van der Waals surface area contributed by atoms with E-state index in [0.29, 0.717) is 15.9 Å². The normalized spacial score (nSPS) is 11.4. The van der Waals surface area contributed by atoms with Crippen LogP contribution in [-0.2, 0) is 14.8 Å². The zero-order valence-electron chi connectivity index (χ0n) is 16.4. The number of rotatable bonds is 8. The number of para-hydroxylation sites is 1. The van der Waals surface area contributed by atoms with E-state index in [2.05, 4.69) is 0 Å². The Bertz CT molecular complexity index is 1270. The van der Waals surface area contributed by atoms with Crippen LogP contribution in [0.1, 0.15) is 11.1 Å². The first kappa shape index (κ1) is 22.4. The smallest absolute Gasteiger partial charge is 0.324 e. The summed E-state index contributed by atoms with van der Waals surface area (Å²) in [4.78, 5) is 21.4. The summed E-state index contributed by atoms with van der Waals surface area (Å²) >= 11 is 0. The standard InChI is InChI=1S/C21H17N3O7S/c25-21(26)15-23(32(30,31)19-9-7-18(8-10-19)24(28)29)20-4-2-1-3-17(20)6-5-16-11-13-22(27)14-12-16/h1-14H,15H2,(H,25,26)/b6-5+. The number of sulfonamides is 1. The summed E-state index contributed by atoms with van der Waals surface area (Å²) in [6.07, 6.45) is 5.86. The summed E-state index contributed by atoms with van der Waals surface area (Å²) in [6.45, 7) is -0.855. The van der Waals surface area contributed by atoms with Crippen LogP contribution in [0.4, 0.5) is 11.4 Å². The van der Waals surface area contributed by atoms with Crippen molar-refractivity contribution >= 4 is 39.5 Å². The number of pyridine rings is 1. The number of nitro benzene ring substituents is 1. The van der Waals surface area contributed by atoms with Gasteiger partial charge in [-0.3, -0.25) is 19.2 Å². The van der Waals surface area contributed by atoms with Crippen molar-refractivity contribution in [2.24, 2.45) is 0 Å². The Kier molecular flexibility index (Phi) is 6.50. The summed E-state index contributed by atoms with van der Waals surface area (Å²) < 4.78 is 27.8. The summed E-state index contributed by atoms with van der Waals surface area (Å²) in [5.74, 6) is -1.38. The van der Waals surface area contributed by atoms with E-state index in [1.54, 1.807) is 42.5 Å². The molecule has 2 aromatic carbocycles. The van der Waals surface area contributed by atoms with Gasteiger partial charge in [0.15, 0.2) is 12.4 Å². The van der Waals surface area contributed by atoms with Crippen molar-refractivity contribution in [2.75, 3.05) is 10.8 Å². The van der Waals surface area contributed by atoms with Gasteiger partial charge in [0.2, 0.25) is 0 Å². The molecular formula is C21H17N3O7S. The number of non-ortho nitro benzene ring substituents is 1. The van der Waals surface area contributed by atoms with Gasteiger partial charge in [-0.1, -0.05) is 30.4 Å². The van der Waals surface area contributed by atoms with Gasteiger partial charge in [0.1, 0.15) is 6.54 Å². The maximum atomic E-state index is 13.2. The minimum atomic E-state index is -4.35. The zero-order valence-corrected chi connectivity index (χ0v) is 17.3. The number of anilines is 1. The van der Waals surface area contributed by atoms with Crippen molar-refractivity contribution in [1.29, 1.82) is 0 Å². The summed E-state index contributed by atoms with van der Waals surface area (Å²) in [5, 5.41) is 31.4. The van der Waals surface area contributed by atoms with E-state index in [-0.39, 0.29) is 16.3 Å². The average molecular weight is 455 g/mol. The third-order valence-electron chi connectivity index (χ3n) is 4.40. The molecule has 0 aliphatic rings. The van der Waals surface area contributed by atoms with E-state index in [1.807, 2.05) is 0 Å². The van der Waals surface area contributed by atoms with Gasteiger partial charge in [0.05, 0.1) is 15.5 Å². The minimum Gasteiger partial charge on any atom is -0.619 e. The predicted molar refractivity (Wildman–Crippen MR) is 116 cm³/mol. The molecule has 0 saturated carbocycles. The number of benzene rings is 2. The van der Waals surface area contributed by atoms with E-state index < -0.39 is 27.5 Å². The Morgan fingerprint density at radius 2 is 1.66 bits per heavy atom. The molecule has 32 heavy (non-hydrogen) atoms. The molecule has 0 atom stereocenters. The molecule has 0 amide bonds. The highest BCUT2D eigenvalue weighted by Gasteiger charge is 2.28. The molecule has 0 fully saturated rings. The number of carboxylic acid groups (broad SMARTS) is 1. The number of hydrogen-bond acceptors (Lipinski definition) is 6. The van der Waals surface area contributed by atoms with Crippen LogP contribution in [0.3, 0.4) is 0 Å². The van der Waals surface area contributed by atoms with E-state index in [9.17, 15) is 33.6 Å². The Labute approximate surface area is 183 Å². The van der Waals surface area contributed by atoms with Gasteiger partial charge in [0.25, 0.3) is 15.7 Å². The lowest BCUT2D eigenvalue weighted by molar-refractivity contribution is -0.605. The number of carbonyl (C=O) groups is 1. The molecule has 0 radical (unpaired) electrons. The molecule has 0 aliphatic heterocycles. The number of hydrogen-bond donors (Lipinski definition) is 1. The van der Waals surface area contributed by atoms with E-state index >= 15 is 0 Å². The van der Waals surface area contributed by atoms with Gasteiger partial charge in [-0.2, -0.15) is 4.73 Å². The van der Waals surface area contributed by atoms with Crippen LogP contribution in [0.2, 0.25) is 0 Å². The van der Waals surface area contributed by atoms with Gasteiger partial charge in [0, 0.05) is 24.3 Å². The molecule has 0 aliphatic carbocycles. The second-order valence-electron chi connectivity index (χ2n) is 6.54. The van der Waals surface area contributed by atoms with Gasteiger partial charge in [-0.05, 0) is 29.3 Å². The molecule has 1 aromatic heterocycles. The number of aromatic nitrogens is 1. The number of aliphatic carboxylic acids is 1. The third kappa shape index (κ3) is 5.08. The van der Waals surface area contributed by atoms with Crippen LogP contribution in [0.5, 0.6) is 0 Å². The summed E-state index contributed by atoms with van der Waals surface area (Å²) in [7, 11) is -4.35. The van der Waals surface area contributed by atoms with E-state index in [0.717, 1.165) is 28.6 Å². The van der Waals surface area contributed by atoms with Crippen molar-refractivity contribution in [3.8, 4) is 0 Å². The van der Waals surface area contributed by atoms with Crippen molar-refractivity contribution in [3.05, 3.63) is 99.5 Å². The Hall–Kier alpha value is -4.25. The predicted octanol–water partition coefficient (Wildman–Crippen LogP) is 2.68. The highest BCUT2D eigenvalue weighted by molar-refractivity contribution is 7.92. The molecule has 164 valence electrons. The lowest BCUT2D eigenvalue weighted by Crippen LogP contribution is -2.36. The largest absolute Gasteiger partial charge is 0.619 e. The lowest BCUT2D eigenvalue weighted by Gasteiger charge is -2.24. The van der Waals surface area contributed by atoms with Gasteiger partial charge < -0.3 is 10.3 Å². The summed E-state index contributed by atoms with van der Waals surface area (Å²) in [6, 6.07) is 13.6. The fourth-order valence-electron chi connectivity index (χ4n) is 2.87. The SMILES string of the molecule is O=C(O)CN(c1ccccc1/C=C/c1cc[n+]([O-])cc1)S(=O)(=O)c1ccc([N+](=O)[O-])cc1. The Morgan fingerprint density at radius 3 is 2.25 bits per heavy atom. The fourth-order valence-corrected chi connectivity index (χ4v) is 4.31. The monoisotopic (exact) mass is 455 g/mol. The van der Waals surface area contributed by atoms with Gasteiger partial charge in [-0.25, -0.2) is 8.42 Å². The maximum absolute atomic E-state index is 13.2. The minimum absolute atomic E-state index is 0.110. The highest BCUT2D eigenvalue weighted by atomic mass is 32.2. The molecule has 1 N–H and O–H groups in total. The first-order valence-corrected chi connectivity index (χ1v) is 10.6. The second kappa shape index (κ2) is 9.27. The topological polar surface area (TPSA) is 145 Å². The molecule has 11 heteroatoms. The summed E-state index contributed by atoms with van der Waals surface area (Å²) in [5.41, 5.74) is 0.909. The molecule has 0 spiro atoms. The average Bonchev–Trinajstić information content (AvgIpc) is 2.77. The van der Waals surface area contributed by atoms with E-state index in [1.165, 1.54) is 18.5 Å². The first-order chi connectivity index (χ1) is 15.2. The highest BCUT2D eigenvalue weighted by Crippen LogP contribution is 2.29. The molecular weight excluding hydrogens is 438 g/mol. The molecule has 10 nitrogen and oxygen atoms in total. The number of nitro groups is 1. The molecule has 3 aromatic rings. The zero-order chi connectivity index (χ0) is 23.3. The number of nitrogens with zero attached hydrogens (tertiary/aromatic N) is 3. The lowest BCUT2D eigenvalue weighted by atomic mass is 10.1. The molecule has 1 heterocycles. The van der Waals surface area contributed by atoms with Crippen molar-refractivity contribution < 1.29 is 28.0 Å². The Balaban J connectivity index is 2.05. The van der Waals surface area contributed by atoms with Gasteiger partial charge in [-0.15, -0.1) is 0 Å². The maximum Gasteiger partial charge on any atom is 0.324 e. The molecule has 0 unspecified atom stereocenters. The van der Waals surface area contributed by atoms with Crippen LogP contribution in [-0.4, -0.2) is 31.0 Å². The molecule has 0 bridgehead atoms.